The highest BCUT2D eigenvalue weighted by Gasteiger charge is 2.13. The Morgan fingerprint density at radius 2 is 1.86 bits per heavy atom. The molecule has 0 aliphatic heterocycles. The summed E-state index contributed by atoms with van der Waals surface area (Å²) >= 11 is 1.59. The van der Waals surface area contributed by atoms with Crippen LogP contribution >= 0.6 is 11.3 Å². The average molecular weight is 296 g/mol. The Bertz CT molecular complexity index is 797. The maximum atomic E-state index is 11.1. The van der Waals surface area contributed by atoms with E-state index in [1.807, 2.05) is 24.5 Å². The lowest BCUT2D eigenvalue weighted by atomic mass is 10.1. The second-order valence-electron chi connectivity index (χ2n) is 5.16. The number of hydrogen-bond acceptors (Lipinski definition) is 3. The molecule has 106 valence electrons. The largest absolute Gasteiger partial charge is 0.298 e. The molecule has 4 heteroatoms. The van der Waals surface area contributed by atoms with E-state index in [0.717, 1.165) is 39.6 Å². The summed E-state index contributed by atoms with van der Waals surface area (Å²) in [5.41, 5.74) is 6.00. The van der Waals surface area contributed by atoms with Crippen molar-refractivity contribution in [3.8, 4) is 16.4 Å². The fraction of sp³-hybridized carbons (Fsp3) is 0.176. The number of rotatable bonds is 3. The van der Waals surface area contributed by atoms with Crippen molar-refractivity contribution in [3.05, 3.63) is 58.2 Å². The van der Waals surface area contributed by atoms with Crippen LogP contribution in [-0.2, 0) is 0 Å². The summed E-state index contributed by atoms with van der Waals surface area (Å²) in [4.78, 5) is 15.8. The Kier molecular flexibility index (Phi) is 3.47. The van der Waals surface area contributed by atoms with Crippen LogP contribution in [0.25, 0.3) is 16.4 Å². The summed E-state index contributed by atoms with van der Waals surface area (Å²) in [5.74, 6) is 0. The second kappa shape index (κ2) is 5.30. The van der Waals surface area contributed by atoms with Gasteiger partial charge < -0.3 is 0 Å². The molecule has 1 aromatic carbocycles. The second-order valence-corrected chi connectivity index (χ2v) is 6.00. The minimum Gasteiger partial charge on any atom is -0.298 e. The third-order valence-corrected chi connectivity index (χ3v) is 4.45. The molecule has 3 aromatic rings. The smallest absolute Gasteiger partial charge is 0.194 e. The molecule has 0 amide bonds. The zero-order valence-corrected chi connectivity index (χ0v) is 13.1. The maximum Gasteiger partial charge on any atom is 0.194 e. The Morgan fingerprint density at radius 1 is 1.14 bits per heavy atom. The number of carbonyl (C=O) groups is 1. The van der Waals surface area contributed by atoms with E-state index in [4.69, 9.17) is 4.98 Å². The van der Waals surface area contributed by atoms with E-state index in [1.165, 1.54) is 5.56 Å². The van der Waals surface area contributed by atoms with Gasteiger partial charge in [0.05, 0.1) is 5.69 Å². The van der Waals surface area contributed by atoms with E-state index >= 15 is 0 Å². The van der Waals surface area contributed by atoms with E-state index in [2.05, 4.69) is 36.6 Å². The zero-order chi connectivity index (χ0) is 15.0. The first-order valence-corrected chi connectivity index (χ1v) is 7.65. The highest BCUT2D eigenvalue weighted by atomic mass is 32.1. The number of aryl methyl sites for hydroxylation is 2. The highest BCUT2D eigenvalue weighted by Crippen LogP contribution is 2.27. The molecule has 0 aliphatic carbocycles. The standard InChI is InChI=1S/C17H16N2OS/c1-11-4-6-14(7-5-11)16-10-21-17(18-16)19-12(2)8-15(9-20)13(19)3/h4-10H,1-3H3. The number of nitrogens with zero attached hydrogens (tertiary/aromatic N) is 2. The van der Waals surface area contributed by atoms with Crippen LogP contribution in [0.15, 0.2) is 35.7 Å². The number of aldehydes is 1. The summed E-state index contributed by atoms with van der Waals surface area (Å²) in [7, 11) is 0. The highest BCUT2D eigenvalue weighted by molar-refractivity contribution is 7.12. The lowest BCUT2D eigenvalue weighted by molar-refractivity contribution is 0.112. The molecule has 0 saturated carbocycles. The van der Waals surface area contributed by atoms with Gasteiger partial charge in [0.1, 0.15) is 0 Å². The quantitative estimate of drug-likeness (QED) is 0.674. The predicted molar refractivity (Wildman–Crippen MR) is 86.5 cm³/mol. The molecule has 3 nitrogen and oxygen atoms in total. The molecule has 0 spiro atoms. The van der Waals surface area contributed by atoms with Crippen molar-refractivity contribution in [2.45, 2.75) is 20.8 Å². The van der Waals surface area contributed by atoms with Crippen molar-refractivity contribution >= 4 is 17.6 Å². The number of benzene rings is 1. The molecular formula is C17H16N2OS. The van der Waals surface area contributed by atoms with Gasteiger partial charge in [-0.25, -0.2) is 4.98 Å². The summed E-state index contributed by atoms with van der Waals surface area (Å²) in [5, 5.41) is 2.95. The summed E-state index contributed by atoms with van der Waals surface area (Å²) in [6.45, 7) is 6.01. The van der Waals surface area contributed by atoms with Crippen LogP contribution in [0.4, 0.5) is 0 Å². The summed E-state index contributed by atoms with van der Waals surface area (Å²) in [6.07, 6.45) is 0.896. The van der Waals surface area contributed by atoms with E-state index in [9.17, 15) is 4.79 Å². The zero-order valence-electron chi connectivity index (χ0n) is 12.3. The minimum absolute atomic E-state index is 0.722. The van der Waals surface area contributed by atoms with Crippen LogP contribution in [-0.4, -0.2) is 15.8 Å². The predicted octanol–water partition coefficient (Wildman–Crippen LogP) is 4.34. The van der Waals surface area contributed by atoms with Gasteiger partial charge in [0.15, 0.2) is 11.4 Å². The lowest BCUT2D eigenvalue weighted by Crippen LogP contribution is -1.99. The Hall–Kier alpha value is -2.20. The molecule has 0 saturated heterocycles. The Labute approximate surface area is 127 Å². The van der Waals surface area contributed by atoms with Crippen molar-refractivity contribution in [1.29, 1.82) is 0 Å². The van der Waals surface area contributed by atoms with Crippen molar-refractivity contribution in [2.75, 3.05) is 0 Å². The SMILES string of the molecule is Cc1ccc(-c2csc(-n3c(C)cc(C=O)c3C)n2)cc1. The van der Waals surface area contributed by atoms with Crippen LogP contribution in [0.5, 0.6) is 0 Å². The van der Waals surface area contributed by atoms with Crippen molar-refractivity contribution in [3.63, 3.8) is 0 Å². The third-order valence-electron chi connectivity index (χ3n) is 3.63. The molecule has 0 aliphatic rings. The monoisotopic (exact) mass is 296 g/mol. The van der Waals surface area contributed by atoms with Gasteiger partial charge in [-0.1, -0.05) is 29.8 Å². The first-order valence-electron chi connectivity index (χ1n) is 6.77. The molecule has 3 rings (SSSR count). The van der Waals surface area contributed by atoms with Crippen LogP contribution in [0, 0.1) is 20.8 Å². The molecule has 0 N–H and O–H groups in total. The van der Waals surface area contributed by atoms with Crippen LogP contribution in [0.1, 0.15) is 27.3 Å². The van der Waals surface area contributed by atoms with E-state index < -0.39 is 0 Å². The van der Waals surface area contributed by atoms with Gasteiger partial charge in [-0.15, -0.1) is 11.3 Å². The summed E-state index contributed by atoms with van der Waals surface area (Å²) in [6, 6.07) is 10.2. The molecule has 0 fully saturated rings. The van der Waals surface area contributed by atoms with Crippen LogP contribution in [0.3, 0.4) is 0 Å². The molecule has 2 heterocycles. The Balaban J connectivity index is 2.04. The molecule has 0 unspecified atom stereocenters. The van der Waals surface area contributed by atoms with Crippen LogP contribution in [0.2, 0.25) is 0 Å². The molecule has 2 aromatic heterocycles. The van der Waals surface area contributed by atoms with Crippen molar-refractivity contribution < 1.29 is 4.79 Å². The maximum absolute atomic E-state index is 11.1. The van der Waals surface area contributed by atoms with Crippen molar-refractivity contribution in [1.82, 2.24) is 9.55 Å². The average Bonchev–Trinajstić information content (AvgIpc) is 3.04. The molecule has 0 radical (unpaired) electrons. The van der Waals surface area contributed by atoms with Gasteiger partial charge in [0, 0.05) is 27.9 Å². The van der Waals surface area contributed by atoms with Gasteiger partial charge in [-0.2, -0.15) is 0 Å². The third kappa shape index (κ3) is 2.43. The number of hydrogen-bond donors (Lipinski definition) is 0. The van der Waals surface area contributed by atoms with E-state index in [-0.39, 0.29) is 0 Å². The normalized spacial score (nSPS) is 10.8. The molecule has 0 bridgehead atoms. The molecular weight excluding hydrogens is 280 g/mol. The van der Waals surface area contributed by atoms with Crippen LogP contribution < -0.4 is 0 Å². The first kappa shape index (κ1) is 13.8. The molecule has 0 atom stereocenters. The van der Waals surface area contributed by atoms with Gasteiger partial charge in [0.2, 0.25) is 0 Å². The first-order chi connectivity index (χ1) is 10.1. The van der Waals surface area contributed by atoms with Crippen molar-refractivity contribution in [2.24, 2.45) is 0 Å². The lowest BCUT2D eigenvalue weighted by Gasteiger charge is -2.04. The number of thiazole rings is 1. The topological polar surface area (TPSA) is 34.9 Å². The minimum atomic E-state index is 0.722. The Morgan fingerprint density at radius 3 is 2.48 bits per heavy atom. The van der Waals surface area contributed by atoms with E-state index in [0.29, 0.717) is 0 Å². The van der Waals surface area contributed by atoms with Gasteiger partial charge in [-0.05, 0) is 26.8 Å². The van der Waals surface area contributed by atoms with Gasteiger partial charge >= 0.3 is 0 Å². The molecule has 21 heavy (non-hydrogen) atoms. The number of carbonyl (C=O) groups excluding carboxylic acids is 1. The fourth-order valence-corrected chi connectivity index (χ4v) is 3.37. The number of aromatic nitrogens is 2. The van der Waals surface area contributed by atoms with Gasteiger partial charge in [0.25, 0.3) is 0 Å². The van der Waals surface area contributed by atoms with Gasteiger partial charge in [-0.3, -0.25) is 9.36 Å². The summed E-state index contributed by atoms with van der Waals surface area (Å²) < 4.78 is 2.03. The van der Waals surface area contributed by atoms with E-state index in [1.54, 1.807) is 11.3 Å². The fourth-order valence-electron chi connectivity index (χ4n) is 2.43.